The molecular weight excluding hydrogens is 416 g/mol. The van der Waals surface area contributed by atoms with Crippen LogP contribution < -0.4 is 15.4 Å². The highest BCUT2D eigenvalue weighted by Crippen LogP contribution is 2.30. The van der Waals surface area contributed by atoms with Crippen LogP contribution in [0.4, 0.5) is 17.6 Å². The lowest BCUT2D eigenvalue weighted by Gasteiger charge is -2.31. The fraction of sp³-hybridized carbons (Fsp3) is 0.588. The first-order valence-electron chi connectivity index (χ1n) is 8.92. The first-order valence-corrected chi connectivity index (χ1v) is 10.4. The van der Waals surface area contributed by atoms with Gasteiger partial charge in [0.15, 0.2) is 17.5 Å². The zero-order valence-corrected chi connectivity index (χ0v) is 16.9. The number of methoxy groups -OCH3 is 1. The zero-order valence-electron chi connectivity index (χ0n) is 16.1. The van der Waals surface area contributed by atoms with Crippen molar-refractivity contribution in [1.82, 2.24) is 14.9 Å². The molecule has 1 aromatic carbocycles. The number of sulfonamides is 1. The summed E-state index contributed by atoms with van der Waals surface area (Å²) in [6, 6.07) is 4.57. The number of aliphatic imine (C=N–C) groups is 1. The predicted molar refractivity (Wildman–Crippen MR) is 100 cm³/mol. The smallest absolute Gasteiger partial charge is 0.494 e. The Morgan fingerprint density at radius 2 is 1.93 bits per heavy atom. The molecule has 0 bridgehead atoms. The average molecular weight is 440 g/mol. The molecule has 1 heterocycles. The van der Waals surface area contributed by atoms with E-state index in [2.05, 4.69) is 15.6 Å². The van der Waals surface area contributed by atoms with Gasteiger partial charge < -0.3 is 15.4 Å². The lowest BCUT2D eigenvalue weighted by atomic mass is 9.98. The Bertz CT molecular complexity index is 822. The first-order chi connectivity index (χ1) is 13.6. The third-order valence-corrected chi connectivity index (χ3v) is 6.29. The number of rotatable bonds is 6. The van der Waals surface area contributed by atoms with Gasteiger partial charge in [-0.05, 0) is 36.5 Å². The molecule has 1 aliphatic rings. The van der Waals surface area contributed by atoms with E-state index in [4.69, 9.17) is 4.74 Å². The van der Waals surface area contributed by atoms with Crippen molar-refractivity contribution in [2.75, 3.05) is 33.8 Å². The molecule has 0 amide bonds. The van der Waals surface area contributed by atoms with E-state index in [1.54, 1.807) is 13.1 Å². The third kappa shape index (κ3) is 5.95. The van der Waals surface area contributed by atoms with E-state index >= 15 is 0 Å². The average Bonchev–Trinajstić information content (AvgIpc) is 2.67. The fourth-order valence-corrected chi connectivity index (χ4v) is 3.95. The monoisotopic (exact) mass is 440 g/mol. The zero-order chi connectivity index (χ0) is 21.7. The van der Waals surface area contributed by atoms with Gasteiger partial charge in [-0.15, -0.1) is 0 Å². The molecule has 29 heavy (non-hydrogen) atoms. The van der Waals surface area contributed by atoms with Crippen LogP contribution in [0.25, 0.3) is 0 Å². The highest BCUT2D eigenvalue weighted by molar-refractivity contribution is 7.90. The number of nitrogens with zero attached hydrogens (tertiary/aromatic N) is 2. The van der Waals surface area contributed by atoms with Gasteiger partial charge >= 0.3 is 15.5 Å². The molecule has 1 aliphatic heterocycles. The molecule has 2 N–H and O–H groups in total. The molecular formula is C17H24F4N4O3S. The summed E-state index contributed by atoms with van der Waals surface area (Å²) in [5, 5.41) is 6.08. The van der Waals surface area contributed by atoms with Crippen LogP contribution in [-0.4, -0.2) is 58.0 Å². The second kappa shape index (κ2) is 9.61. The van der Waals surface area contributed by atoms with Crippen LogP contribution in [0.15, 0.2) is 23.2 Å². The molecule has 0 radical (unpaired) electrons. The van der Waals surface area contributed by atoms with E-state index in [0.717, 1.165) is 0 Å². The highest BCUT2D eigenvalue weighted by atomic mass is 32.2. The van der Waals surface area contributed by atoms with Gasteiger partial charge in [-0.1, -0.05) is 6.07 Å². The van der Waals surface area contributed by atoms with E-state index < -0.39 is 21.3 Å². The first kappa shape index (κ1) is 23.2. The van der Waals surface area contributed by atoms with Gasteiger partial charge in [0.1, 0.15) is 0 Å². The van der Waals surface area contributed by atoms with E-state index in [1.807, 2.05) is 0 Å². The highest BCUT2D eigenvalue weighted by Gasteiger charge is 2.50. The summed E-state index contributed by atoms with van der Waals surface area (Å²) in [4.78, 5) is 4.05. The Kier molecular flexibility index (Phi) is 7.69. The third-order valence-electron chi connectivity index (χ3n) is 4.66. The molecule has 2 rings (SSSR count). The standard InChI is InChI=1S/C17H24F4N4O3S/c1-22-16(24-11-13-3-4-15(28-2)14(18)9-13)23-10-12-5-7-25(8-6-12)29(26,27)17(19,20)21/h3-4,9,12H,5-8,10-11H2,1-2H3,(H2,22,23,24). The second-order valence-electron chi connectivity index (χ2n) is 6.57. The van der Waals surface area contributed by atoms with Gasteiger partial charge in [0, 0.05) is 33.2 Å². The Morgan fingerprint density at radius 1 is 1.28 bits per heavy atom. The van der Waals surface area contributed by atoms with Crippen LogP contribution >= 0.6 is 0 Å². The van der Waals surface area contributed by atoms with Gasteiger partial charge in [-0.25, -0.2) is 12.8 Å². The van der Waals surface area contributed by atoms with Crippen molar-refractivity contribution in [2.45, 2.75) is 24.9 Å². The van der Waals surface area contributed by atoms with Crippen LogP contribution in [0.3, 0.4) is 0 Å². The quantitative estimate of drug-likeness (QED) is 0.402. The maximum Gasteiger partial charge on any atom is 0.511 e. The molecule has 12 heteroatoms. The normalized spacial score (nSPS) is 17.2. The lowest BCUT2D eigenvalue weighted by Crippen LogP contribution is -2.47. The Labute approximate surface area is 167 Å². The Hall–Kier alpha value is -2.08. The summed E-state index contributed by atoms with van der Waals surface area (Å²) < 4.78 is 79.8. The summed E-state index contributed by atoms with van der Waals surface area (Å²) in [6.45, 7) is 0.385. The van der Waals surface area contributed by atoms with E-state index in [1.165, 1.54) is 19.2 Å². The minimum atomic E-state index is -5.27. The molecule has 1 saturated heterocycles. The van der Waals surface area contributed by atoms with E-state index in [9.17, 15) is 26.0 Å². The number of guanidine groups is 1. The van der Waals surface area contributed by atoms with Gasteiger partial charge in [0.25, 0.3) is 0 Å². The molecule has 0 aromatic heterocycles. The number of benzene rings is 1. The molecule has 0 atom stereocenters. The van der Waals surface area contributed by atoms with Crippen LogP contribution in [0.2, 0.25) is 0 Å². The van der Waals surface area contributed by atoms with Gasteiger partial charge in [-0.2, -0.15) is 17.5 Å². The summed E-state index contributed by atoms with van der Waals surface area (Å²) in [6.07, 6.45) is 0.617. The van der Waals surface area contributed by atoms with Crippen molar-refractivity contribution in [3.63, 3.8) is 0 Å². The fourth-order valence-electron chi connectivity index (χ4n) is 2.97. The van der Waals surface area contributed by atoms with E-state index in [-0.39, 0.29) is 24.8 Å². The van der Waals surface area contributed by atoms with Gasteiger partial charge in [0.05, 0.1) is 7.11 Å². The molecule has 7 nitrogen and oxygen atoms in total. The molecule has 0 saturated carbocycles. The van der Waals surface area contributed by atoms with Crippen molar-refractivity contribution in [3.05, 3.63) is 29.6 Å². The lowest BCUT2D eigenvalue weighted by molar-refractivity contribution is -0.0496. The van der Waals surface area contributed by atoms with Crippen LogP contribution in [0, 0.1) is 11.7 Å². The molecule has 0 aliphatic carbocycles. The molecule has 0 unspecified atom stereocenters. The number of nitrogens with one attached hydrogen (secondary N) is 2. The Balaban J connectivity index is 1.80. The van der Waals surface area contributed by atoms with Crippen molar-refractivity contribution in [2.24, 2.45) is 10.9 Å². The summed E-state index contributed by atoms with van der Waals surface area (Å²) >= 11 is 0. The van der Waals surface area contributed by atoms with Crippen LogP contribution in [0.5, 0.6) is 5.75 Å². The largest absolute Gasteiger partial charge is 0.511 e. The van der Waals surface area contributed by atoms with Crippen LogP contribution in [0.1, 0.15) is 18.4 Å². The number of piperidine rings is 1. The van der Waals surface area contributed by atoms with Crippen molar-refractivity contribution in [3.8, 4) is 5.75 Å². The van der Waals surface area contributed by atoms with Gasteiger partial charge in [0.2, 0.25) is 0 Å². The topological polar surface area (TPSA) is 83.0 Å². The van der Waals surface area contributed by atoms with Crippen molar-refractivity contribution >= 4 is 16.0 Å². The summed E-state index contributed by atoms with van der Waals surface area (Å²) in [5.74, 6) is 0.128. The van der Waals surface area contributed by atoms with E-state index in [0.29, 0.717) is 41.8 Å². The van der Waals surface area contributed by atoms with Crippen LogP contribution in [-0.2, 0) is 16.6 Å². The number of hydrogen-bond donors (Lipinski definition) is 2. The molecule has 1 fully saturated rings. The predicted octanol–water partition coefficient (Wildman–Crippen LogP) is 2.06. The number of ether oxygens (including phenoxy) is 1. The number of alkyl halides is 3. The summed E-state index contributed by atoms with van der Waals surface area (Å²) in [7, 11) is -2.33. The van der Waals surface area contributed by atoms with Crippen molar-refractivity contribution in [1.29, 1.82) is 0 Å². The second-order valence-corrected chi connectivity index (χ2v) is 8.50. The van der Waals surface area contributed by atoms with Gasteiger partial charge in [-0.3, -0.25) is 4.99 Å². The molecule has 164 valence electrons. The molecule has 1 aromatic rings. The van der Waals surface area contributed by atoms with Crippen molar-refractivity contribution < 1.29 is 30.7 Å². The number of halogens is 4. The minimum absolute atomic E-state index is 0.00617. The minimum Gasteiger partial charge on any atom is -0.494 e. The molecule has 0 spiro atoms. The SMILES string of the molecule is CN=C(NCc1ccc(OC)c(F)c1)NCC1CCN(S(=O)(=O)C(F)(F)F)CC1. The number of hydrogen-bond acceptors (Lipinski definition) is 4. The maximum atomic E-state index is 13.7. The Morgan fingerprint density at radius 3 is 2.45 bits per heavy atom. The summed E-state index contributed by atoms with van der Waals surface area (Å²) in [5.41, 5.74) is -4.60. The maximum absolute atomic E-state index is 13.7.